The predicted octanol–water partition coefficient (Wildman–Crippen LogP) is 2.14. The normalized spacial score (nSPS) is 10.6. The number of aryl methyl sites for hydroxylation is 1. The van der Waals surface area contributed by atoms with Crippen LogP contribution in [0, 0.1) is 22.9 Å². The molecule has 0 radical (unpaired) electrons. The van der Waals surface area contributed by atoms with E-state index in [1.54, 1.807) is 0 Å². The fourth-order valence-electron chi connectivity index (χ4n) is 1.16. The van der Waals surface area contributed by atoms with Gasteiger partial charge in [0.2, 0.25) is 5.82 Å². The lowest BCUT2D eigenvalue weighted by Gasteiger charge is -2.01. The van der Waals surface area contributed by atoms with Crippen LogP contribution in [0.1, 0.15) is 11.1 Å². The molecule has 0 fully saturated rings. The molecular weight excluding hydrogens is 217 g/mol. The Balaban J connectivity index is 3.34. The van der Waals surface area contributed by atoms with E-state index in [-0.39, 0.29) is 11.1 Å². The molecule has 0 aliphatic carbocycles. The van der Waals surface area contributed by atoms with Gasteiger partial charge in [-0.2, -0.15) is 4.39 Å². The second-order valence-electron chi connectivity index (χ2n) is 3.06. The van der Waals surface area contributed by atoms with Crippen molar-refractivity contribution in [2.45, 2.75) is 6.92 Å². The first-order valence-electron chi connectivity index (χ1n) is 4.28. The fourth-order valence-corrected chi connectivity index (χ4v) is 1.16. The number of hydrogen-bond donors (Lipinski definition) is 1. The number of aliphatic carboxylic acids is 1. The highest BCUT2D eigenvalue weighted by Gasteiger charge is 2.20. The summed E-state index contributed by atoms with van der Waals surface area (Å²) in [6, 6.07) is 2.65. The molecule has 1 N–H and O–H groups in total. The summed E-state index contributed by atoms with van der Waals surface area (Å²) in [5.41, 5.74) is -0.646. The number of benzene rings is 1. The molecule has 0 aliphatic rings. The molecule has 0 aromatic heterocycles. The summed E-state index contributed by atoms with van der Waals surface area (Å²) >= 11 is 0. The van der Waals surface area contributed by atoms with Gasteiger partial charge in [-0.1, -0.05) is 6.07 Å². The van der Waals surface area contributed by atoms with Gasteiger partial charge in [0.25, 0.3) is 0 Å². The largest absolute Gasteiger partial charge is 0.478 e. The molecule has 5 nitrogen and oxygen atoms in total. The molecule has 0 aliphatic heterocycles. The molecule has 0 saturated heterocycles. The molecule has 0 spiro atoms. The van der Waals surface area contributed by atoms with E-state index in [1.165, 1.54) is 19.1 Å². The van der Waals surface area contributed by atoms with E-state index in [9.17, 15) is 19.3 Å². The zero-order chi connectivity index (χ0) is 12.3. The summed E-state index contributed by atoms with van der Waals surface area (Å²) in [5, 5.41) is 19.0. The number of carboxylic acid groups (broad SMARTS) is 1. The first-order valence-corrected chi connectivity index (χ1v) is 4.28. The van der Waals surface area contributed by atoms with E-state index in [2.05, 4.69) is 0 Å². The number of carbonyl (C=O) groups is 1. The second kappa shape index (κ2) is 4.52. The smallest absolute Gasteiger partial charge is 0.328 e. The van der Waals surface area contributed by atoms with E-state index < -0.39 is 22.4 Å². The molecule has 84 valence electrons. The highest BCUT2D eigenvalue weighted by atomic mass is 19.1. The maximum atomic E-state index is 13.4. The van der Waals surface area contributed by atoms with Crippen molar-refractivity contribution in [3.8, 4) is 0 Å². The van der Waals surface area contributed by atoms with E-state index in [4.69, 9.17) is 5.11 Å². The maximum Gasteiger partial charge on any atom is 0.328 e. The van der Waals surface area contributed by atoms with Gasteiger partial charge in [0.15, 0.2) is 0 Å². The summed E-state index contributed by atoms with van der Waals surface area (Å²) in [6.07, 6.45) is 1.71. The Morgan fingerprint density at radius 2 is 2.19 bits per heavy atom. The highest BCUT2D eigenvalue weighted by Crippen LogP contribution is 2.26. The van der Waals surface area contributed by atoms with Gasteiger partial charge in [0.1, 0.15) is 0 Å². The Morgan fingerprint density at radius 1 is 1.56 bits per heavy atom. The van der Waals surface area contributed by atoms with Crippen molar-refractivity contribution in [2.75, 3.05) is 0 Å². The number of rotatable bonds is 3. The number of nitro benzene ring substituents is 1. The lowest BCUT2D eigenvalue weighted by Crippen LogP contribution is -1.98. The van der Waals surface area contributed by atoms with Gasteiger partial charge in [0.05, 0.1) is 10.5 Å². The quantitative estimate of drug-likeness (QED) is 0.485. The number of nitrogens with zero attached hydrogens (tertiary/aromatic N) is 1. The Labute approximate surface area is 90.0 Å². The zero-order valence-electron chi connectivity index (χ0n) is 8.31. The first kappa shape index (κ1) is 11.8. The third kappa shape index (κ3) is 2.41. The first-order chi connectivity index (χ1) is 7.43. The Kier molecular flexibility index (Phi) is 3.34. The lowest BCUT2D eigenvalue weighted by molar-refractivity contribution is -0.387. The van der Waals surface area contributed by atoms with Crippen LogP contribution in [-0.4, -0.2) is 16.0 Å². The van der Waals surface area contributed by atoms with E-state index in [0.717, 1.165) is 12.2 Å². The van der Waals surface area contributed by atoms with Gasteiger partial charge in [-0.3, -0.25) is 10.1 Å². The van der Waals surface area contributed by atoms with Crippen molar-refractivity contribution in [2.24, 2.45) is 0 Å². The van der Waals surface area contributed by atoms with Crippen LogP contribution in [0.3, 0.4) is 0 Å². The van der Waals surface area contributed by atoms with E-state index >= 15 is 0 Å². The van der Waals surface area contributed by atoms with Gasteiger partial charge in [-0.25, -0.2) is 4.79 Å². The van der Waals surface area contributed by atoms with E-state index in [1.807, 2.05) is 0 Å². The van der Waals surface area contributed by atoms with Gasteiger partial charge < -0.3 is 5.11 Å². The topological polar surface area (TPSA) is 80.4 Å². The molecule has 0 amide bonds. The molecule has 0 heterocycles. The summed E-state index contributed by atoms with van der Waals surface area (Å²) < 4.78 is 13.4. The van der Waals surface area contributed by atoms with Crippen molar-refractivity contribution in [3.05, 3.63) is 45.3 Å². The SMILES string of the molecule is Cc1ccc(/C=C/C(=O)O)c([N+](=O)[O-])c1F. The average molecular weight is 225 g/mol. The highest BCUT2D eigenvalue weighted by molar-refractivity contribution is 5.86. The average Bonchev–Trinajstić information content (AvgIpc) is 2.19. The molecule has 16 heavy (non-hydrogen) atoms. The minimum atomic E-state index is -1.25. The second-order valence-corrected chi connectivity index (χ2v) is 3.06. The van der Waals surface area contributed by atoms with Crippen molar-refractivity contribution in [1.29, 1.82) is 0 Å². The molecule has 0 bridgehead atoms. The van der Waals surface area contributed by atoms with Crippen LogP contribution >= 0.6 is 0 Å². The lowest BCUT2D eigenvalue weighted by atomic mass is 10.1. The van der Waals surface area contributed by atoms with Crippen LogP contribution < -0.4 is 0 Å². The Hall–Kier alpha value is -2.24. The van der Waals surface area contributed by atoms with Crippen LogP contribution in [0.2, 0.25) is 0 Å². The Morgan fingerprint density at radius 3 is 2.69 bits per heavy atom. The van der Waals surface area contributed by atoms with Crippen molar-refractivity contribution in [1.82, 2.24) is 0 Å². The third-order valence-electron chi connectivity index (χ3n) is 1.93. The molecule has 6 heteroatoms. The molecule has 0 unspecified atom stereocenters. The Bertz CT molecular complexity index is 482. The third-order valence-corrected chi connectivity index (χ3v) is 1.93. The number of nitro groups is 1. The predicted molar refractivity (Wildman–Crippen MR) is 54.5 cm³/mol. The van der Waals surface area contributed by atoms with Crippen LogP contribution in [0.15, 0.2) is 18.2 Å². The monoisotopic (exact) mass is 225 g/mol. The molecule has 1 rings (SSSR count). The summed E-state index contributed by atoms with van der Waals surface area (Å²) in [6.45, 7) is 1.40. The van der Waals surface area contributed by atoms with Crippen LogP contribution in [-0.2, 0) is 4.79 Å². The molecular formula is C10H8FNO4. The maximum absolute atomic E-state index is 13.4. The number of hydrogen-bond acceptors (Lipinski definition) is 3. The van der Waals surface area contributed by atoms with Crippen molar-refractivity contribution >= 4 is 17.7 Å². The van der Waals surface area contributed by atoms with Gasteiger partial charge in [-0.05, 0) is 24.6 Å². The van der Waals surface area contributed by atoms with Crippen LogP contribution in [0.5, 0.6) is 0 Å². The summed E-state index contributed by atoms with van der Waals surface area (Å²) in [4.78, 5) is 20.0. The standard InChI is InChI=1S/C10H8FNO4/c1-6-2-3-7(4-5-8(13)14)10(9(6)11)12(15)16/h2-5H,1H3,(H,13,14)/b5-4+. The van der Waals surface area contributed by atoms with Crippen molar-refractivity contribution < 1.29 is 19.2 Å². The molecule has 0 atom stereocenters. The van der Waals surface area contributed by atoms with Gasteiger partial charge in [-0.15, -0.1) is 0 Å². The van der Waals surface area contributed by atoms with E-state index in [0.29, 0.717) is 0 Å². The minimum absolute atomic E-state index is 0.0736. The molecule has 1 aromatic carbocycles. The molecule has 1 aromatic rings. The summed E-state index contributed by atoms with van der Waals surface area (Å²) in [7, 11) is 0. The zero-order valence-corrected chi connectivity index (χ0v) is 8.31. The van der Waals surface area contributed by atoms with Gasteiger partial charge in [0, 0.05) is 6.08 Å². The fraction of sp³-hybridized carbons (Fsp3) is 0.100. The number of halogens is 1. The number of carboxylic acids is 1. The van der Waals surface area contributed by atoms with Crippen molar-refractivity contribution in [3.63, 3.8) is 0 Å². The minimum Gasteiger partial charge on any atom is -0.478 e. The van der Waals surface area contributed by atoms with Gasteiger partial charge >= 0.3 is 11.7 Å². The summed E-state index contributed by atoms with van der Waals surface area (Å²) in [5.74, 6) is -2.20. The molecule has 0 saturated carbocycles. The van der Waals surface area contributed by atoms with Crippen LogP contribution in [0.4, 0.5) is 10.1 Å². The van der Waals surface area contributed by atoms with Crippen LogP contribution in [0.25, 0.3) is 6.08 Å².